The van der Waals surface area contributed by atoms with Gasteiger partial charge in [0.05, 0.1) is 30.6 Å². The van der Waals surface area contributed by atoms with Gasteiger partial charge in [-0.2, -0.15) is 0 Å². The molecule has 5 amide bonds. The summed E-state index contributed by atoms with van der Waals surface area (Å²) in [6.07, 6.45) is 2.09. The molecule has 4 rings (SSSR count). The van der Waals surface area contributed by atoms with Gasteiger partial charge in [0.15, 0.2) is 0 Å². The summed E-state index contributed by atoms with van der Waals surface area (Å²) in [5.74, 6) is -1.76. The number of alkyl carbamates (subject to hydrolysis) is 1. The molecule has 11 heteroatoms. The predicted molar refractivity (Wildman–Crippen MR) is 122 cm³/mol. The average Bonchev–Trinajstić information content (AvgIpc) is 3.42. The highest BCUT2D eigenvalue weighted by Crippen LogP contribution is 2.44. The molecule has 34 heavy (non-hydrogen) atoms. The first kappa shape index (κ1) is 23.4. The van der Waals surface area contributed by atoms with Crippen molar-refractivity contribution in [3.05, 3.63) is 42.5 Å². The molecule has 4 atom stereocenters. The van der Waals surface area contributed by atoms with Gasteiger partial charge in [-0.3, -0.25) is 30.1 Å². The SMILES string of the molecule is CC(C)(C)OC(=O)NC(=NCCN1C(=O)C2C3C=CC(O3)C2C1=O)NC(=O)Nc1ccccc1. The summed E-state index contributed by atoms with van der Waals surface area (Å²) < 4.78 is 10.8. The van der Waals surface area contributed by atoms with E-state index in [9.17, 15) is 19.2 Å². The van der Waals surface area contributed by atoms with Crippen LogP contribution in [0.4, 0.5) is 15.3 Å². The van der Waals surface area contributed by atoms with Crippen molar-refractivity contribution >= 4 is 35.6 Å². The quantitative estimate of drug-likeness (QED) is 0.265. The zero-order valence-corrected chi connectivity index (χ0v) is 19.1. The van der Waals surface area contributed by atoms with Crippen LogP contribution in [0.1, 0.15) is 20.8 Å². The third-order valence-electron chi connectivity index (χ3n) is 5.48. The number of rotatable bonds is 4. The lowest BCUT2D eigenvalue weighted by atomic mass is 9.85. The number of nitrogens with one attached hydrogen (secondary N) is 3. The Bertz CT molecular complexity index is 1020. The van der Waals surface area contributed by atoms with Gasteiger partial charge in [-0.1, -0.05) is 30.4 Å². The molecule has 0 aliphatic carbocycles. The second-order valence-corrected chi connectivity index (χ2v) is 9.13. The number of nitrogens with zero attached hydrogens (tertiary/aromatic N) is 2. The minimum Gasteiger partial charge on any atom is -0.444 e. The van der Waals surface area contributed by atoms with Crippen LogP contribution in [-0.4, -0.2) is 65.7 Å². The molecule has 1 aromatic carbocycles. The largest absolute Gasteiger partial charge is 0.444 e. The Morgan fingerprint density at radius 2 is 1.65 bits per heavy atom. The minimum atomic E-state index is -0.811. The van der Waals surface area contributed by atoms with Gasteiger partial charge >= 0.3 is 12.1 Å². The van der Waals surface area contributed by atoms with E-state index in [2.05, 4.69) is 20.9 Å². The number of fused-ring (bicyclic) bond motifs is 5. The molecule has 2 fully saturated rings. The summed E-state index contributed by atoms with van der Waals surface area (Å²) >= 11 is 0. The standard InChI is InChI=1S/C23H27N5O6/c1-23(2,3)34-22(32)27-20(26-21(31)25-13-7-5-4-6-8-13)24-11-12-28-18(29)16-14-9-10-15(33-14)17(16)19(28)30/h4-10,14-17H,11-12H2,1-3H3,(H3,24,25,26,27,31,32). The number of hydrogen-bond donors (Lipinski definition) is 3. The number of amides is 5. The van der Waals surface area contributed by atoms with Crippen LogP contribution < -0.4 is 16.0 Å². The Labute approximate surface area is 196 Å². The van der Waals surface area contributed by atoms with Crippen molar-refractivity contribution in [2.45, 2.75) is 38.6 Å². The van der Waals surface area contributed by atoms with E-state index in [0.29, 0.717) is 5.69 Å². The number of guanidine groups is 1. The Hall–Kier alpha value is -3.73. The van der Waals surface area contributed by atoms with Crippen molar-refractivity contribution in [3.63, 3.8) is 0 Å². The van der Waals surface area contributed by atoms with Crippen LogP contribution in [0.15, 0.2) is 47.5 Å². The van der Waals surface area contributed by atoms with Crippen LogP contribution in [0, 0.1) is 11.8 Å². The summed E-state index contributed by atoms with van der Waals surface area (Å²) in [7, 11) is 0. The van der Waals surface area contributed by atoms with E-state index in [4.69, 9.17) is 9.47 Å². The number of urea groups is 1. The molecular formula is C23H27N5O6. The van der Waals surface area contributed by atoms with Gasteiger partial charge in [-0.15, -0.1) is 0 Å². The van der Waals surface area contributed by atoms with Crippen LogP contribution in [-0.2, 0) is 19.1 Å². The fourth-order valence-corrected chi connectivity index (χ4v) is 4.15. The molecule has 4 unspecified atom stereocenters. The molecule has 0 aromatic heterocycles. The summed E-state index contributed by atoms with van der Waals surface area (Å²) in [6.45, 7) is 5.08. The second kappa shape index (κ2) is 9.26. The molecule has 2 saturated heterocycles. The van der Waals surface area contributed by atoms with Crippen LogP contribution in [0.3, 0.4) is 0 Å². The number of hydrogen-bond acceptors (Lipinski definition) is 7. The number of carbonyl (C=O) groups excluding carboxylic acids is 4. The monoisotopic (exact) mass is 469 g/mol. The molecule has 0 spiro atoms. The molecule has 2 bridgehead atoms. The minimum absolute atomic E-state index is 0.00555. The van der Waals surface area contributed by atoms with Crippen molar-refractivity contribution in [1.82, 2.24) is 15.5 Å². The smallest absolute Gasteiger partial charge is 0.414 e. The van der Waals surface area contributed by atoms with E-state index in [1.165, 1.54) is 4.90 Å². The first-order valence-electron chi connectivity index (χ1n) is 11.0. The summed E-state index contributed by atoms with van der Waals surface area (Å²) in [6, 6.07) is 8.09. The molecular weight excluding hydrogens is 442 g/mol. The number of para-hydroxylation sites is 1. The zero-order valence-electron chi connectivity index (χ0n) is 19.1. The molecule has 0 radical (unpaired) electrons. The van der Waals surface area contributed by atoms with Gasteiger partial charge in [0, 0.05) is 12.2 Å². The van der Waals surface area contributed by atoms with Crippen LogP contribution in [0.5, 0.6) is 0 Å². The molecule has 1 aromatic rings. The number of likely N-dealkylation sites (tertiary alicyclic amines) is 1. The third-order valence-corrected chi connectivity index (χ3v) is 5.48. The maximum atomic E-state index is 12.8. The molecule has 3 heterocycles. The number of benzene rings is 1. The summed E-state index contributed by atoms with van der Waals surface area (Å²) in [4.78, 5) is 55.5. The first-order chi connectivity index (χ1) is 16.1. The van der Waals surface area contributed by atoms with Crippen LogP contribution in [0.25, 0.3) is 0 Å². The van der Waals surface area contributed by atoms with Gasteiger partial charge in [-0.25, -0.2) is 9.59 Å². The van der Waals surface area contributed by atoms with Crippen LogP contribution >= 0.6 is 0 Å². The van der Waals surface area contributed by atoms with Crippen LogP contribution in [0.2, 0.25) is 0 Å². The average molecular weight is 469 g/mol. The fraction of sp³-hybridized carbons (Fsp3) is 0.435. The van der Waals surface area contributed by atoms with E-state index >= 15 is 0 Å². The number of ether oxygens (including phenoxy) is 2. The van der Waals surface area contributed by atoms with Crippen molar-refractivity contribution in [3.8, 4) is 0 Å². The highest BCUT2D eigenvalue weighted by Gasteiger charge is 2.60. The molecule has 180 valence electrons. The molecule has 3 aliphatic heterocycles. The Kier molecular flexibility index (Phi) is 6.38. The molecule has 3 aliphatic rings. The number of carbonyl (C=O) groups is 4. The van der Waals surface area contributed by atoms with Crippen molar-refractivity contribution in [1.29, 1.82) is 0 Å². The van der Waals surface area contributed by atoms with Gasteiger partial charge in [0.1, 0.15) is 5.60 Å². The maximum absolute atomic E-state index is 12.8. The summed E-state index contributed by atoms with van der Waals surface area (Å²) in [5.41, 5.74) is -0.217. The normalized spacial score (nSPS) is 25.4. The van der Waals surface area contributed by atoms with Crippen molar-refractivity contribution in [2.24, 2.45) is 16.8 Å². The topological polar surface area (TPSA) is 138 Å². The number of imide groups is 1. The van der Waals surface area contributed by atoms with E-state index in [-0.39, 0.29) is 43.1 Å². The molecule has 11 nitrogen and oxygen atoms in total. The van der Waals surface area contributed by atoms with Gasteiger partial charge in [0.2, 0.25) is 17.8 Å². The van der Waals surface area contributed by atoms with E-state index in [1.54, 1.807) is 45.0 Å². The van der Waals surface area contributed by atoms with Gasteiger partial charge in [0.25, 0.3) is 0 Å². The number of anilines is 1. The zero-order chi connectivity index (χ0) is 24.5. The van der Waals surface area contributed by atoms with Gasteiger partial charge in [-0.05, 0) is 32.9 Å². The lowest BCUT2D eigenvalue weighted by Crippen LogP contribution is -2.47. The van der Waals surface area contributed by atoms with Crippen molar-refractivity contribution in [2.75, 3.05) is 18.4 Å². The summed E-state index contributed by atoms with van der Waals surface area (Å²) in [5, 5.41) is 7.48. The Balaban J connectivity index is 1.40. The maximum Gasteiger partial charge on any atom is 0.414 e. The first-order valence-corrected chi connectivity index (χ1v) is 11.0. The molecule has 0 saturated carbocycles. The third kappa shape index (κ3) is 5.09. The van der Waals surface area contributed by atoms with Crippen molar-refractivity contribution < 1.29 is 28.7 Å². The lowest BCUT2D eigenvalue weighted by Gasteiger charge is -2.20. The fourth-order valence-electron chi connectivity index (χ4n) is 4.15. The second-order valence-electron chi connectivity index (χ2n) is 9.13. The lowest BCUT2D eigenvalue weighted by molar-refractivity contribution is -0.142. The Morgan fingerprint density at radius 1 is 1.03 bits per heavy atom. The Morgan fingerprint density at radius 3 is 2.24 bits per heavy atom. The van der Waals surface area contributed by atoms with E-state index in [0.717, 1.165) is 0 Å². The predicted octanol–water partition coefficient (Wildman–Crippen LogP) is 1.63. The highest BCUT2D eigenvalue weighted by atomic mass is 16.6. The molecule has 3 N–H and O–H groups in total. The highest BCUT2D eigenvalue weighted by molar-refractivity contribution is 6.07. The van der Waals surface area contributed by atoms with E-state index < -0.39 is 29.6 Å². The van der Waals surface area contributed by atoms with E-state index in [1.807, 2.05) is 18.2 Å². The number of aliphatic imine (C=N–C) groups is 1. The van der Waals surface area contributed by atoms with Gasteiger partial charge < -0.3 is 14.8 Å².